The van der Waals surface area contributed by atoms with Crippen LogP contribution in [0.25, 0.3) is 0 Å². The molecule has 0 heterocycles. The summed E-state index contributed by atoms with van der Waals surface area (Å²) < 4.78 is 26.6. The number of carbonyl (C=O) groups is 2. The molecule has 0 aliphatic heterocycles. The number of rotatable bonds is 9. The lowest BCUT2D eigenvalue weighted by atomic mass is 10.1. The first kappa shape index (κ1) is 21.3. The lowest BCUT2D eigenvalue weighted by Gasteiger charge is -2.17. The minimum atomic E-state index is -3.67. The predicted molar refractivity (Wildman–Crippen MR) is 103 cm³/mol. The Morgan fingerprint density at radius 1 is 1.26 bits per heavy atom. The number of hydrogen-bond acceptors (Lipinski definition) is 5. The molecule has 5 N–H and O–H groups in total. The van der Waals surface area contributed by atoms with E-state index in [-0.39, 0.29) is 48.2 Å². The van der Waals surface area contributed by atoms with E-state index in [1.54, 1.807) is 19.1 Å². The maximum absolute atomic E-state index is 12.2. The van der Waals surface area contributed by atoms with Crippen molar-refractivity contribution in [3.05, 3.63) is 24.3 Å². The molecule has 0 saturated heterocycles. The Morgan fingerprint density at radius 3 is 2.63 bits per heavy atom. The highest BCUT2D eigenvalue weighted by Crippen LogP contribution is 2.24. The Labute approximate surface area is 160 Å². The second-order valence-electron chi connectivity index (χ2n) is 6.86. The Hall–Kier alpha value is -1.97. The molecular formula is C18H28N4O4S. The topological polar surface area (TPSA) is 130 Å². The summed E-state index contributed by atoms with van der Waals surface area (Å²) in [7, 11) is -3.67. The van der Waals surface area contributed by atoms with Gasteiger partial charge in [0.1, 0.15) is 0 Å². The molecule has 1 aromatic carbocycles. The second-order valence-corrected chi connectivity index (χ2v) is 8.62. The van der Waals surface area contributed by atoms with Gasteiger partial charge in [0.2, 0.25) is 21.8 Å². The first-order valence-corrected chi connectivity index (χ1v) is 10.7. The molecule has 1 saturated carbocycles. The summed E-state index contributed by atoms with van der Waals surface area (Å²) in [5.74, 6) is -0.232. The van der Waals surface area contributed by atoms with Crippen LogP contribution in [-0.2, 0) is 19.6 Å². The van der Waals surface area contributed by atoms with E-state index in [1.165, 1.54) is 12.1 Å². The summed E-state index contributed by atoms with van der Waals surface area (Å²) in [6.07, 6.45) is 4.08. The maximum atomic E-state index is 12.2. The second kappa shape index (κ2) is 9.82. The molecule has 1 unspecified atom stereocenters. The Morgan fingerprint density at radius 2 is 1.96 bits per heavy atom. The van der Waals surface area contributed by atoms with Gasteiger partial charge in [-0.05, 0) is 38.0 Å². The number of anilines is 1. The fourth-order valence-electron chi connectivity index (χ4n) is 3.11. The van der Waals surface area contributed by atoms with Crippen molar-refractivity contribution in [2.24, 2.45) is 11.7 Å². The molecule has 0 spiro atoms. The van der Waals surface area contributed by atoms with Crippen LogP contribution in [0, 0.1) is 5.92 Å². The van der Waals surface area contributed by atoms with Crippen molar-refractivity contribution >= 4 is 27.5 Å². The quantitative estimate of drug-likeness (QED) is 0.494. The molecule has 0 radical (unpaired) electrons. The highest BCUT2D eigenvalue weighted by Gasteiger charge is 2.24. The molecule has 2 amide bonds. The van der Waals surface area contributed by atoms with Crippen molar-refractivity contribution in [1.29, 1.82) is 0 Å². The first-order chi connectivity index (χ1) is 12.8. The third kappa shape index (κ3) is 6.60. The van der Waals surface area contributed by atoms with Crippen LogP contribution < -0.4 is 21.1 Å². The van der Waals surface area contributed by atoms with Crippen molar-refractivity contribution < 1.29 is 18.0 Å². The monoisotopic (exact) mass is 396 g/mol. The number of carbonyl (C=O) groups excluding carboxylic acids is 2. The molecule has 0 bridgehead atoms. The fourth-order valence-corrected chi connectivity index (χ4v) is 4.20. The number of benzene rings is 1. The summed E-state index contributed by atoms with van der Waals surface area (Å²) in [5.41, 5.74) is 5.70. The van der Waals surface area contributed by atoms with Crippen LogP contribution in [0.3, 0.4) is 0 Å². The molecule has 8 nitrogen and oxygen atoms in total. The van der Waals surface area contributed by atoms with Crippen molar-refractivity contribution in [1.82, 2.24) is 10.0 Å². The Kier molecular flexibility index (Phi) is 7.76. The third-order valence-corrected chi connectivity index (χ3v) is 5.93. The third-order valence-electron chi connectivity index (χ3n) is 4.47. The van der Waals surface area contributed by atoms with Crippen molar-refractivity contribution in [3.63, 3.8) is 0 Å². The highest BCUT2D eigenvalue weighted by molar-refractivity contribution is 7.89. The minimum Gasteiger partial charge on any atom is -0.353 e. The molecule has 2 rings (SSSR count). The van der Waals surface area contributed by atoms with Crippen molar-refractivity contribution in [2.45, 2.75) is 50.0 Å². The predicted octanol–water partition coefficient (Wildman–Crippen LogP) is 0.947. The molecule has 0 aromatic heterocycles. The average Bonchev–Trinajstić information content (AvgIpc) is 3.14. The van der Waals surface area contributed by atoms with E-state index in [4.69, 9.17) is 5.73 Å². The van der Waals surface area contributed by atoms with E-state index in [0.717, 1.165) is 25.7 Å². The van der Waals surface area contributed by atoms with Crippen molar-refractivity contribution in [2.75, 3.05) is 18.4 Å². The van der Waals surface area contributed by atoms with E-state index in [0.29, 0.717) is 5.69 Å². The zero-order chi connectivity index (χ0) is 19.9. The molecule has 150 valence electrons. The molecule has 9 heteroatoms. The smallest absolute Gasteiger partial charge is 0.240 e. The van der Waals surface area contributed by atoms with Crippen molar-refractivity contribution in [3.8, 4) is 0 Å². The summed E-state index contributed by atoms with van der Waals surface area (Å²) >= 11 is 0. The van der Waals surface area contributed by atoms with Gasteiger partial charge in [-0.3, -0.25) is 9.59 Å². The van der Waals surface area contributed by atoms with E-state index >= 15 is 0 Å². The van der Waals surface area contributed by atoms with Gasteiger partial charge in [0.25, 0.3) is 0 Å². The zero-order valence-electron chi connectivity index (χ0n) is 15.5. The van der Waals surface area contributed by atoms with Crippen LogP contribution in [0.5, 0.6) is 0 Å². The highest BCUT2D eigenvalue weighted by atomic mass is 32.2. The van der Waals surface area contributed by atoms with E-state index in [1.807, 2.05) is 0 Å². The molecule has 1 aliphatic rings. The maximum Gasteiger partial charge on any atom is 0.240 e. The number of amides is 2. The van der Waals surface area contributed by atoms with Gasteiger partial charge < -0.3 is 16.4 Å². The van der Waals surface area contributed by atoms with E-state index < -0.39 is 10.0 Å². The van der Waals surface area contributed by atoms with E-state index in [2.05, 4.69) is 15.4 Å². The summed E-state index contributed by atoms with van der Waals surface area (Å²) in [6, 6.07) is 5.70. The van der Waals surface area contributed by atoms with Crippen LogP contribution in [-0.4, -0.2) is 39.4 Å². The van der Waals surface area contributed by atoms with Crippen LogP contribution in [0.4, 0.5) is 5.69 Å². The SMILES string of the molecule is CC(CC(=O)Nc1cccc(S(=O)(=O)NCCN)c1)NC(=O)C1CCCC1. The Balaban J connectivity index is 1.89. The number of sulfonamides is 1. The number of nitrogens with one attached hydrogen (secondary N) is 3. The van der Waals surface area contributed by atoms with Gasteiger partial charge in [0.15, 0.2) is 0 Å². The standard InChI is InChI=1S/C18H28N4O4S/c1-13(21-18(24)14-5-2-3-6-14)11-17(23)22-15-7-4-8-16(12-15)27(25,26)20-10-9-19/h4,7-8,12-14,20H,2-3,5-6,9-11,19H2,1H3,(H,21,24)(H,22,23). The van der Waals surface area contributed by atoms with Crippen LogP contribution in [0.1, 0.15) is 39.0 Å². The fraction of sp³-hybridized carbons (Fsp3) is 0.556. The van der Waals surface area contributed by atoms with Gasteiger partial charge in [-0.1, -0.05) is 18.9 Å². The minimum absolute atomic E-state index is 0.00636. The van der Waals surface area contributed by atoms with Crippen LogP contribution in [0.2, 0.25) is 0 Å². The molecule has 1 aromatic rings. The molecule has 1 aliphatic carbocycles. The molecule has 1 atom stereocenters. The molecule has 1 fully saturated rings. The van der Waals surface area contributed by atoms with Gasteiger partial charge in [0.05, 0.1) is 4.90 Å². The molecular weight excluding hydrogens is 368 g/mol. The van der Waals surface area contributed by atoms with E-state index in [9.17, 15) is 18.0 Å². The Bertz CT molecular complexity index is 760. The summed E-state index contributed by atoms with van der Waals surface area (Å²) in [5, 5.41) is 5.56. The number of nitrogens with two attached hydrogens (primary N) is 1. The van der Waals surface area contributed by atoms with Gasteiger partial charge in [-0.2, -0.15) is 0 Å². The van der Waals surface area contributed by atoms with Gasteiger partial charge in [-0.25, -0.2) is 13.1 Å². The van der Waals surface area contributed by atoms with Gasteiger partial charge in [0, 0.05) is 37.2 Å². The largest absolute Gasteiger partial charge is 0.353 e. The lowest BCUT2D eigenvalue weighted by Crippen LogP contribution is -2.38. The van der Waals surface area contributed by atoms with Gasteiger partial charge >= 0.3 is 0 Å². The number of hydrogen-bond donors (Lipinski definition) is 4. The lowest BCUT2D eigenvalue weighted by molar-refractivity contribution is -0.125. The summed E-state index contributed by atoms with van der Waals surface area (Å²) in [4.78, 5) is 24.4. The van der Waals surface area contributed by atoms with Crippen LogP contribution >= 0.6 is 0 Å². The normalized spacial score (nSPS) is 16.1. The van der Waals surface area contributed by atoms with Crippen LogP contribution in [0.15, 0.2) is 29.2 Å². The van der Waals surface area contributed by atoms with Gasteiger partial charge in [-0.15, -0.1) is 0 Å². The first-order valence-electron chi connectivity index (χ1n) is 9.22. The molecule has 27 heavy (non-hydrogen) atoms. The zero-order valence-corrected chi connectivity index (χ0v) is 16.3. The average molecular weight is 397 g/mol. The summed E-state index contributed by atoms with van der Waals surface area (Å²) in [6.45, 7) is 2.11.